The van der Waals surface area contributed by atoms with E-state index in [1.807, 2.05) is 52.0 Å². The minimum absolute atomic E-state index is 0.0379. The average Bonchev–Trinajstić information content (AvgIpc) is 3.04. The summed E-state index contributed by atoms with van der Waals surface area (Å²) in [5.74, 6) is 0.0924. The normalized spacial score (nSPS) is 21.3. The zero-order valence-electron chi connectivity index (χ0n) is 15.6. The maximum absolute atomic E-state index is 12.4. The van der Waals surface area contributed by atoms with E-state index in [-0.39, 0.29) is 41.5 Å². The van der Waals surface area contributed by atoms with Crippen molar-refractivity contribution in [3.05, 3.63) is 47.0 Å². The van der Waals surface area contributed by atoms with Gasteiger partial charge in [0, 0.05) is 11.5 Å². The molecule has 0 aliphatic heterocycles. The van der Waals surface area contributed by atoms with E-state index in [1.165, 1.54) is 5.57 Å². The Hall–Kier alpha value is -1.90. The van der Waals surface area contributed by atoms with Crippen LogP contribution in [0.2, 0.25) is 0 Å². The van der Waals surface area contributed by atoms with Crippen molar-refractivity contribution in [1.29, 1.82) is 0 Å². The SMILES string of the molecule is CC(C)=C[C@@H]1[C@@H](C(=O)OCc2cccc(C(=O)C(C)C)c2)C1(C)C. The van der Waals surface area contributed by atoms with Crippen molar-refractivity contribution in [2.24, 2.45) is 23.2 Å². The van der Waals surface area contributed by atoms with Gasteiger partial charge >= 0.3 is 5.97 Å². The number of allylic oxidation sites excluding steroid dienone is 2. The lowest BCUT2D eigenvalue weighted by atomic mass is 10.00. The second kappa shape index (κ2) is 6.92. The number of ether oxygens (including phenoxy) is 1. The lowest BCUT2D eigenvalue weighted by Gasteiger charge is -2.08. The first-order valence-electron chi connectivity index (χ1n) is 8.59. The first-order chi connectivity index (χ1) is 11.1. The van der Waals surface area contributed by atoms with Gasteiger partial charge in [-0.15, -0.1) is 0 Å². The Bertz CT molecular complexity index is 663. The van der Waals surface area contributed by atoms with Crippen molar-refractivity contribution in [1.82, 2.24) is 0 Å². The number of ketones is 1. The Morgan fingerprint density at radius 3 is 2.50 bits per heavy atom. The van der Waals surface area contributed by atoms with Crippen LogP contribution in [-0.2, 0) is 16.1 Å². The molecule has 0 aromatic heterocycles. The van der Waals surface area contributed by atoms with Gasteiger partial charge in [-0.05, 0) is 36.8 Å². The molecule has 1 aromatic carbocycles. The Labute approximate surface area is 145 Å². The molecule has 0 radical (unpaired) electrons. The van der Waals surface area contributed by atoms with Gasteiger partial charge in [0.25, 0.3) is 0 Å². The Morgan fingerprint density at radius 1 is 1.25 bits per heavy atom. The van der Waals surface area contributed by atoms with Crippen LogP contribution in [0.3, 0.4) is 0 Å². The second-order valence-electron chi connectivity index (χ2n) is 7.90. The molecule has 3 nitrogen and oxygen atoms in total. The fourth-order valence-corrected chi connectivity index (χ4v) is 3.19. The molecule has 1 aliphatic carbocycles. The van der Waals surface area contributed by atoms with Crippen LogP contribution in [0.5, 0.6) is 0 Å². The van der Waals surface area contributed by atoms with Gasteiger partial charge in [-0.3, -0.25) is 9.59 Å². The molecule has 130 valence electrons. The smallest absolute Gasteiger partial charge is 0.310 e. The number of hydrogen-bond acceptors (Lipinski definition) is 3. The van der Waals surface area contributed by atoms with E-state index in [9.17, 15) is 9.59 Å². The van der Waals surface area contributed by atoms with Gasteiger partial charge in [0.2, 0.25) is 0 Å². The molecule has 0 bridgehead atoms. The molecule has 1 fully saturated rings. The van der Waals surface area contributed by atoms with Crippen LogP contribution >= 0.6 is 0 Å². The van der Waals surface area contributed by atoms with E-state index in [0.29, 0.717) is 5.56 Å². The fourth-order valence-electron chi connectivity index (χ4n) is 3.19. The molecule has 0 N–H and O–H groups in total. The molecule has 0 amide bonds. The molecule has 0 heterocycles. The molecule has 0 saturated heterocycles. The number of esters is 1. The number of benzene rings is 1. The second-order valence-corrected chi connectivity index (χ2v) is 7.90. The highest BCUT2D eigenvalue weighted by Gasteiger charge is 2.61. The van der Waals surface area contributed by atoms with E-state index < -0.39 is 0 Å². The minimum Gasteiger partial charge on any atom is -0.461 e. The fraction of sp³-hybridized carbons (Fsp3) is 0.524. The van der Waals surface area contributed by atoms with Crippen molar-refractivity contribution in [3.8, 4) is 0 Å². The van der Waals surface area contributed by atoms with Crippen LogP contribution in [-0.4, -0.2) is 11.8 Å². The predicted molar refractivity (Wildman–Crippen MR) is 95.6 cm³/mol. The van der Waals surface area contributed by atoms with E-state index in [0.717, 1.165) is 5.56 Å². The zero-order valence-corrected chi connectivity index (χ0v) is 15.6. The summed E-state index contributed by atoms with van der Waals surface area (Å²) in [5, 5.41) is 0. The van der Waals surface area contributed by atoms with Gasteiger partial charge in [0.05, 0.1) is 5.92 Å². The summed E-state index contributed by atoms with van der Waals surface area (Å²) in [4.78, 5) is 24.5. The molecule has 24 heavy (non-hydrogen) atoms. The van der Waals surface area contributed by atoms with Gasteiger partial charge in [0.1, 0.15) is 6.61 Å². The maximum Gasteiger partial charge on any atom is 0.310 e. The molecular formula is C21H28O3. The number of carbonyl (C=O) groups excluding carboxylic acids is 2. The predicted octanol–water partition coefficient (Wildman–Crippen LogP) is 4.81. The number of rotatable bonds is 6. The Balaban J connectivity index is 1.99. The Morgan fingerprint density at radius 2 is 1.92 bits per heavy atom. The van der Waals surface area contributed by atoms with Crippen molar-refractivity contribution in [2.45, 2.75) is 48.1 Å². The highest BCUT2D eigenvalue weighted by Crippen LogP contribution is 2.59. The molecule has 2 atom stereocenters. The van der Waals surface area contributed by atoms with Gasteiger partial charge in [-0.25, -0.2) is 0 Å². The summed E-state index contributed by atoms with van der Waals surface area (Å²) < 4.78 is 5.52. The van der Waals surface area contributed by atoms with Gasteiger partial charge in [-0.2, -0.15) is 0 Å². The quantitative estimate of drug-likeness (QED) is 0.428. The zero-order chi connectivity index (χ0) is 18.1. The highest BCUT2D eigenvalue weighted by atomic mass is 16.5. The largest absolute Gasteiger partial charge is 0.461 e. The number of hydrogen-bond donors (Lipinski definition) is 0. The molecule has 0 spiro atoms. The van der Waals surface area contributed by atoms with Crippen molar-refractivity contribution in [2.75, 3.05) is 0 Å². The van der Waals surface area contributed by atoms with Crippen LogP contribution < -0.4 is 0 Å². The summed E-state index contributed by atoms with van der Waals surface area (Å²) in [7, 11) is 0. The van der Waals surface area contributed by atoms with Crippen molar-refractivity contribution >= 4 is 11.8 Å². The van der Waals surface area contributed by atoms with E-state index in [1.54, 1.807) is 0 Å². The standard InChI is InChI=1S/C21H28O3/c1-13(2)10-17-18(21(17,5)6)20(23)24-12-15-8-7-9-16(11-15)19(22)14(3)4/h7-11,14,17-18H,12H2,1-6H3/t17-,18+/m1/s1. The summed E-state index contributed by atoms with van der Waals surface area (Å²) in [6, 6.07) is 7.35. The average molecular weight is 328 g/mol. The first-order valence-corrected chi connectivity index (χ1v) is 8.59. The van der Waals surface area contributed by atoms with E-state index >= 15 is 0 Å². The molecular weight excluding hydrogens is 300 g/mol. The summed E-state index contributed by atoms with van der Waals surface area (Å²) in [6.45, 7) is 12.3. The number of carbonyl (C=O) groups is 2. The first kappa shape index (κ1) is 18.4. The third-order valence-corrected chi connectivity index (χ3v) is 4.79. The summed E-state index contributed by atoms with van der Waals surface area (Å²) >= 11 is 0. The summed E-state index contributed by atoms with van der Waals surface area (Å²) in [6.07, 6.45) is 2.16. The molecule has 0 unspecified atom stereocenters. The minimum atomic E-state index is -0.150. The van der Waals surface area contributed by atoms with E-state index in [4.69, 9.17) is 4.74 Å². The molecule has 1 aliphatic rings. The third kappa shape index (κ3) is 3.95. The van der Waals surface area contributed by atoms with Crippen LogP contribution in [0, 0.1) is 23.2 Å². The van der Waals surface area contributed by atoms with E-state index in [2.05, 4.69) is 19.9 Å². The lowest BCUT2D eigenvalue weighted by molar-refractivity contribution is -0.147. The van der Waals surface area contributed by atoms with Gasteiger partial charge in [-0.1, -0.05) is 57.5 Å². The molecule has 1 saturated carbocycles. The van der Waals surface area contributed by atoms with Gasteiger partial charge < -0.3 is 4.74 Å². The van der Waals surface area contributed by atoms with Crippen LogP contribution in [0.4, 0.5) is 0 Å². The number of Topliss-reactive ketones (excluding diaryl/α,β-unsaturated/α-hetero) is 1. The van der Waals surface area contributed by atoms with Gasteiger partial charge in [0.15, 0.2) is 5.78 Å². The monoisotopic (exact) mass is 328 g/mol. The topological polar surface area (TPSA) is 43.4 Å². The highest BCUT2D eigenvalue weighted by molar-refractivity contribution is 5.97. The van der Waals surface area contributed by atoms with Crippen molar-refractivity contribution < 1.29 is 14.3 Å². The Kier molecular flexibility index (Phi) is 5.32. The van der Waals surface area contributed by atoms with Crippen LogP contribution in [0.15, 0.2) is 35.9 Å². The van der Waals surface area contributed by atoms with Crippen LogP contribution in [0.25, 0.3) is 0 Å². The summed E-state index contributed by atoms with van der Waals surface area (Å²) in [5.41, 5.74) is 2.71. The lowest BCUT2D eigenvalue weighted by Crippen LogP contribution is -2.11. The molecule has 1 aromatic rings. The van der Waals surface area contributed by atoms with Crippen LogP contribution in [0.1, 0.15) is 57.5 Å². The molecule has 2 rings (SSSR count). The molecule has 3 heteroatoms. The maximum atomic E-state index is 12.4. The van der Waals surface area contributed by atoms with Crippen molar-refractivity contribution in [3.63, 3.8) is 0 Å². The third-order valence-electron chi connectivity index (χ3n) is 4.79.